The van der Waals surface area contributed by atoms with Gasteiger partial charge in [0.05, 0.1) is 12.1 Å². The summed E-state index contributed by atoms with van der Waals surface area (Å²) >= 11 is 1.74. The first kappa shape index (κ1) is 14.7. The highest BCUT2D eigenvalue weighted by molar-refractivity contribution is 7.99. The van der Waals surface area contributed by atoms with Crippen molar-refractivity contribution in [3.8, 4) is 0 Å². The number of carbonyl (C=O) groups excluding carboxylic acids is 1. The predicted molar refractivity (Wildman–Crippen MR) is 79.9 cm³/mol. The van der Waals surface area contributed by atoms with Crippen LogP contribution in [0.15, 0.2) is 33.1 Å². The number of amides is 1. The van der Waals surface area contributed by atoms with E-state index in [-0.39, 0.29) is 17.7 Å². The highest BCUT2D eigenvalue weighted by atomic mass is 32.2. The molecule has 0 radical (unpaired) electrons. The van der Waals surface area contributed by atoms with Gasteiger partial charge in [0.15, 0.2) is 5.76 Å². The van der Waals surface area contributed by atoms with E-state index in [1.54, 1.807) is 16.7 Å². The molecule has 0 aliphatic carbocycles. The largest absolute Gasteiger partial charge is 0.464 e. The van der Waals surface area contributed by atoms with E-state index in [2.05, 4.69) is 0 Å². The average molecular weight is 322 g/mol. The van der Waals surface area contributed by atoms with Crippen LogP contribution in [0.25, 0.3) is 0 Å². The third-order valence-corrected chi connectivity index (χ3v) is 4.48. The summed E-state index contributed by atoms with van der Waals surface area (Å²) in [6.07, 6.45) is 0. The molecular weight excluding hydrogens is 308 g/mol. The number of furan rings is 2. The summed E-state index contributed by atoms with van der Waals surface area (Å²) in [5.74, 6) is 2.23. The van der Waals surface area contributed by atoms with Crippen LogP contribution in [0.4, 0.5) is 5.88 Å². The van der Waals surface area contributed by atoms with E-state index in [1.165, 1.54) is 12.1 Å². The molecule has 1 saturated heterocycles. The first-order valence-electron chi connectivity index (χ1n) is 6.75. The Morgan fingerprint density at radius 3 is 2.82 bits per heavy atom. The number of thioether (sulfide) groups is 1. The summed E-state index contributed by atoms with van der Waals surface area (Å²) in [7, 11) is 0. The van der Waals surface area contributed by atoms with Gasteiger partial charge in [-0.25, -0.2) is 0 Å². The zero-order valence-electron chi connectivity index (χ0n) is 11.9. The summed E-state index contributed by atoms with van der Waals surface area (Å²) in [5, 5.41) is 10.7. The molecule has 22 heavy (non-hydrogen) atoms. The van der Waals surface area contributed by atoms with E-state index in [9.17, 15) is 14.9 Å². The Kier molecular flexibility index (Phi) is 3.93. The zero-order chi connectivity index (χ0) is 15.7. The van der Waals surface area contributed by atoms with Crippen molar-refractivity contribution < 1.29 is 18.6 Å². The van der Waals surface area contributed by atoms with Gasteiger partial charge < -0.3 is 13.7 Å². The fourth-order valence-electron chi connectivity index (χ4n) is 2.40. The van der Waals surface area contributed by atoms with E-state index >= 15 is 0 Å². The summed E-state index contributed by atoms with van der Waals surface area (Å²) in [4.78, 5) is 24.2. The van der Waals surface area contributed by atoms with Crippen molar-refractivity contribution in [2.45, 2.75) is 13.0 Å². The standard InChI is InChI=1S/C14H14N2O5S/c1-9-2-3-11(20-9)10-8-22-7-6-15(10)14(17)12-4-5-13(21-12)16(18)19/h2-5,10H,6-8H2,1H3/t10-/m0/s1. The van der Waals surface area contributed by atoms with E-state index in [0.717, 1.165) is 23.0 Å². The lowest BCUT2D eigenvalue weighted by molar-refractivity contribution is -0.402. The van der Waals surface area contributed by atoms with Gasteiger partial charge in [0.2, 0.25) is 0 Å². The second-order valence-electron chi connectivity index (χ2n) is 4.93. The SMILES string of the molecule is Cc1ccc([C@@H]2CSCCN2C(=O)c2ccc([N+](=O)[O-])o2)o1. The van der Waals surface area contributed by atoms with Crippen LogP contribution in [0.3, 0.4) is 0 Å². The number of nitro groups is 1. The second kappa shape index (κ2) is 5.88. The van der Waals surface area contributed by atoms with Gasteiger partial charge in [-0.3, -0.25) is 14.9 Å². The Labute approximate surface area is 130 Å². The number of carbonyl (C=O) groups is 1. The Balaban J connectivity index is 1.86. The molecule has 0 saturated carbocycles. The van der Waals surface area contributed by atoms with E-state index in [4.69, 9.17) is 8.83 Å². The molecule has 2 aromatic rings. The van der Waals surface area contributed by atoms with Crippen molar-refractivity contribution >= 4 is 23.6 Å². The summed E-state index contributed by atoms with van der Waals surface area (Å²) < 4.78 is 10.7. The Bertz CT molecular complexity index is 708. The molecule has 1 aliphatic rings. The van der Waals surface area contributed by atoms with Gasteiger partial charge in [-0.05, 0) is 25.1 Å². The average Bonchev–Trinajstić information content (AvgIpc) is 3.15. The maximum atomic E-state index is 12.6. The molecule has 7 nitrogen and oxygen atoms in total. The molecule has 2 aromatic heterocycles. The summed E-state index contributed by atoms with van der Waals surface area (Å²) in [6.45, 7) is 2.39. The molecule has 1 atom stereocenters. The van der Waals surface area contributed by atoms with Crippen LogP contribution in [0.5, 0.6) is 0 Å². The van der Waals surface area contributed by atoms with Gasteiger partial charge in [0.1, 0.15) is 16.4 Å². The molecule has 0 N–H and O–H groups in total. The number of hydrogen-bond acceptors (Lipinski definition) is 6. The minimum absolute atomic E-state index is 0.0214. The molecule has 1 amide bonds. The van der Waals surface area contributed by atoms with E-state index in [1.807, 2.05) is 19.1 Å². The Morgan fingerprint density at radius 2 is 2.18 bits per heavy atom. The smallest absolute Gasteiger partial charge is 0.433 e. The normalized spacial score (nSPS) is 18.4. The van der Waals surface area contributed by atoms with E-state index < -0.39 is 10.8 Å². The topological polar surface area (TPSA) is 89.7 Å². The van der Waals surface area contributed by atoms with Crippen LogP contribution >= 0.6 is 11.8 Å². The Hall–Kier alpha value is -2.22. The van der Waals surface area contributed by atoms with Crippen LogP contribution in [0.2, 0.25) is 0 Å². The van der Waals surface area contributed by atoms with Crippen molar-refractivity contribution in [3.05, 3.63) is 51.7 Å². The van der Waals surface area contributed by atoms with E-state index in [0.29, 0.717) is 6.54 Å². The van der Waals surface area contributed by atoms with Gasteiger partial charge in [-0.2, -0.15) is 11.8 Å². The highest BCUT2D eigenvalue weighted by Gasteiger charge is 2.33. The van der Waals surface area contributed by atoms with Gasteiger partial charge in [0.25, 0.3) is 5.91 Å². The van der Waals surface area contributed by atoms with Crippen molar-refractivity contribution in [2.24, 2.45) is 0 Å². The molecule has 1 aliphatic heterocycles. The number of nitrogens with zero attached hydrogens (tertiary/aromatic N) is 2. The summed E-state index contributed by atoms with van der Waals surface area (Å²) in [6, 6.07) is 6.06. The molecule has 0 unspecified atom stereocenters. The van der Waals surface area contributed by atoms with Crippen LogP contribution in [0, 0.1) is 17.0 Å². The monoisotopic (exact) mass is 322 g/mol. The number of aryl methyl sites for hydroxylation is 1. The minimum Gasteiger partial charge on any atom is -0.464 e. The molecule has 0 bridgehead atoms. The molecule has 0 spiro atoms. The maximum Gasteiger partial charge on any atom is 0.433 e. The number of hydrogen-bond donors (Lipinski definition) is 0. The third kappa shape index (κ3) is 2.74. The second-order valence-corrected chi connectivity index (χ2v) is 6.08. The highest BCUT2D eigenvalue weighted by Crippen LogP contribution is 2.32. The first-order chi connectivity index (χ1) is 10.6. The fraction of sp³-hybridized carbons (Fsp3) is 0.357. The first-order valence-corrected chi connectivity index (χ1v) is 7.91. The zero-order valence-corrected chi connectivity index (χ0v) is 12.7. The quantitative estimate of drug-likeness (QED) is 0.637. The summed E-state index contributed by atoms with van der Waals surface area (Å²) in [5.41, 5.74) is 0. The Morgan fingerprint density at radius 1 is 1.36 bits per heavy atom. The molecule has 0 aromatic carbocycles. The molecule has 116 valence electrons. The lowest BCUT2D eigenvalue weighted by Crippen LogP contribution is -2.40. The molecule has 3 heterocycles. The van der Waals surface area contributed by atoms with Crippen molar-refractivity contribution in [2.75, 3.05) is 18.1 Å². The van der Waals surface area contributed by atoms with Crippen molar-refractivity contribution in [3.63, 3.8) is 0 Å². The number of rotatable bonds is 3. The molecule has 3 rings (SSSR count). The molecular formula is C14H14N2O5S. The molecule has 1 fully saturated rings. The lowest BCUT2D eigenvalue weighted by Gasteiger charge is -2.33. The van der Waals surface area contributed by atoms with Gasteiger partial charge >= 0.3 is 5.88 Å². The van der Waals surface area contributed by atoms with Crippen molar-refractivity contribution in [1.29, 1.82) is 0 Å². The maximum absolute atomic E-state index is 12.6. The van der Waals surface area contributed by atoms with Crippen molar-refractivity contribution in [1.82, 2.24) is 4.90 Å². The third-order valence-electron chi connectivity index (χ3n) is 3.46. The lowest BCUT2D eigenvalue weighted by atomic mass is 10.2. The van der Waals surface area contributed by atoms with Crippen LogP contribution in [0.1, 0.15) is 28.1 Å². The van der Waals surface area contributed by atoms with Crippen LogP contribution in [-0.4, -0.2) is 33.8 Å². The fourth-order valence-corrected chi connectivity index (χ4v) is 3.46. The van der Waals surface area contributed by atoms with Gasteiger partial charge in [0, 0.05) is 18.1 Å². The minimum atomic E-state index is -0.657. The predicted octanol–water partition coefficient (Wildman–Crippen LogP) is 3.02. The van der Waals surface area contributed by atoms with Crippen LogP contribution < -0.4 is 0 Å². The van der Waals surface area contributed by atoms with Crippen LogP contribution in [-0.2, 0) is 0 Å². The van der Waals surface area contributed by atoms with Gasteiger partial charge in [-0.15, -0.1) is 0 Å². The van der Waals surface area contributed by atoms with Gasteiger partial charge in [-0.1, -0.05) is 0 Å². The molecule has 8 heteroatoms.